The number of benzene rings is 3. The van der Waals surface area contributed by atoms with E-state index in [1.54, 1.807) is 32.6 Å². The van der Waals surface area contributed by atoms with Crippen molar-refractivity contribution < 1.29 is 0 Å². The average molecular weight is 568 g/mol. The third-order valence-electron chi connectivity index (χ3n) is 7.85. The Labute approximate surface area is 230 Å². The second kappa shape index (κ2) is 15.1. The Bertz CT molecular complexity index is 1000. The van der Waals surface area contributed by atoms with Crippen LogP contribution >= 0.6 is 23.2 Å². The van der Waals surface area contributed by atoms with Crippen LogP contribution in [0.4, 0.5) is 0 Å². The Morgan fingerprint density at radius 3 is 1.47 bits per heavy atom. The van der Waals surface area contributed by atoms with E-state index in [0.717, 1.165) is 0 Å². The molecule has 0 saturated heterocycles. The van der Waals surface area contributed by atoms with E-state index in [0.29, 0.717) is 0 Å². The molecule has 0 aromatic heterocycles. The molecule has 0 aliphatic carbocycles. The zero-order valence-corrected chi connectivity index (χ0v) is 25.8. The van der Waals surface area contributed by atoms with Crippen LogP contribution < -0.4 is 15.9 Å². The summed E-state index contributed by atoms with van der Waals surface area (Å²) < 4.78 is 1.36. The maximum absolute atomic E-state index is 4.15. The van der Waals surface area contributed by atoms with Crippen molar-refractivity contribution in [1.82, 2.24) is 0 Å². The molecule has 0 atom stereocenters. The molecule has 0 radical (unpaired) electrons. The summed E-state index contributed by atoms with van der Waals surface area (Å²) in [7, 11) is -2.23. The summed E-state index contributed by atoms with van der Waals surface area (Å²) in [5.74, 6) is 0. The van der Waals surface area contributed by atoms with Crippen LogP contribution in [0.3, 0.4) is 0 Å². The van der Waals surface area contributed by atoms with Gasteiger partial charge in [0.25, 0.3) is 0 Å². The fraction of sp³-hybridized carbons (Fsp3) is 0.471. The topological polar surface area (TPSA) is 0 Å². The molecule has 0 aliphatic heterocycles. The maximum atomic E-state index is 4.15. The summed E-state index contributed by atoms with van der Waals surface area (Å²) in [5.41, 5.74) is 4.98. The first-order chi connectivity index (χ1) is 17.6. The first-order valence-electron chi connectivity index (χ1n) is 14.6. The van der Waals surface area contributed by atoms with Gasteiger partial charge >= 0.3 is 231 Å². The van der Waals surface area contributed by atoms with Crippen molar-refractivity contribution in [2.45, 2.75) is 98.3 Å². The molecule has 0 fully saturated rings. The van der Waals surface area contributed by atoms with Crippen LogP contribution in [0.2, 0.25) is 0 Å². The predicted molar refractivity (Wildman–Crippen MR) is 170 cm³/mol. The molecule has 0 bridgehead atoms. The van der Waals surface area contributed by atoms with E-state index in [1.165, 1.54) is 81.3 Å². The number of hydrogen-bond acceptors (Lipinski definition) is 0. The Morgan fingerprint density at radius 2 is 1.00 bits per heavy atom. The quantitative estimate of drug-likeness (QED) is 0.161. The minimum atomic E-state index is -2.23. The zero-order chi connectivity index (χ0) is 25.8. The van der Waals surface area contributed by atoms with Crippen LogP contribution in [0.5, 0.6) is 0 Å². The SMILES string of the molecule is CCCCc1c(Br)cc([PH](CCCC)(c2ccccc2)c2ccccc2)c(CCCC)c1CCCC. The molecule has 0 heterocycles. The summed E-state index contributed by atoms with van der Waals surface area (Å²) >= 11 is 4.15. The predicted octanol–water partition coefficient (Wildman–Crippen LogP) is 9.30. The first kappa shape index (κ1) is 29.1. The van der Waals surface area contributed by atoms with Crippen LogP contribution in [-0.2, 0) is 19.3 Å². The van der Waals surface area contributed by atoms with Gasteiger partial charge in [0.15, 0.2) is 0 Å². The molecule has 0 aliphatic rings. The van der Waals surface area contributed by atoms with Gasteiger partial charge in [0.2, 0.25) is 0 Å². The Hall–Kier alpha value is -1.43. The van der Waals surface area contributed by atoms with Gasteiger partial charge in [-0.1, -0.05) is 0 Å². The van der Waals surface area contributed by atoms with Crippen molar-refractivity contribution in [2.24, 2.45) is 0 Å². The molecule has 0 saturated carbocycles. The molecule has 3 rings (SSSR count). The van der Waals surface area contributed by atoms with E-state index in [2.05, 4.69) is 110 Å². The average Bonchev–Trinajstić information content (AvgIpc) is 2.92. The fourth-order valence-corrected chi connectivity index (χ4v) is 12.1. The number of halogens is 1. The summed E-state index contributed by atoms with van der Waals surface area (Å²) in [6, 6.07) is 25.8. The van der Waals surface area contributed by atoms with Crippen LogP contribution in [0.25, 0.3) is 0 Å². The van der Waals surface area contributed by atoms with Crippen LogP contribution in [0.15, 0.2) is 71.2 Å². The fourth-order valence-electron chi connectivity index (χ4n) is 5.88. The third-order valence-corrected chi connectivity index (χ3v) is 13.7. The number of hydrogen-bond donors (Lipinski definition) is 0. The van der Waals surface area contributed by atoms with Gasteiger partial charge in [0, 0.05) is 0 Å². The molecular weight excluding hydrogens is 519 g/mol. The van der Waals surface area contributed by atoms with Crippen molar-refractivity contribution in [3.05, 3.63) is 87.9 Å². The van der Waals surface area contributed by atoms with Gasteiger partial charge in [0.05, 0.1) is 0 Å². The molecule has 2 heteroatoms. The van der Waals surface area contributed by atoms with E-state index in [1.807, 2.05) is 0 Å². The van der Waals surface area contributed by atoms with E-state index in [9.17, 15) is 0 Å². The third kappa shape index (κ3) is 6.71. The van der Waals surface area contributed by atoms with E-state index in [4.69, 9.17) is 0 Å². The second-order valence-electron chi connectivity index (χ2n) is 10.4. The van der Waals surface area contributed by atoms with Gasteiger partial charge in [0.1, 0.15) is 0 Å². The Balaban J connectivity index is 2.42. The van der Waals surface area contributed by atoms with E-state index in [-0.39, 0.29) is 0 Å². The van der Waals surface area contributed by atoms with Gasteiger partial charge in [-0.05, 0) is 0 Å². The molecule has 0 nitrogen and oxygen atoms in total. The summed E-state index contributed by atoms with van der Waals surface area (Å²) in [6.45, 7) is 9.35. The summed E-state index contributed by atoms with van der Waals surface area (Å²) in [4.78, 5) is 0. The molecule has 3 aromatic rings. The van der Waals surface area contributed by atoms with Crippen molar-refractivity contribution in [2.75, 3.05) is 6.16 Å². The first-order valence-corrected chi connectivity index (χ1v) is 17.6. The van der Waals surface area contributed by atoms with Crippen molar-refractivity contribution in [3.63, 3.8) is 0 Å². The van der Waals surface area contributed by atoms with Gasteiger partial charge < -0.3 is 0 Å². The van der Waals surface area contributed by atoms with Crippen molar-refractivity contribution in [1.29, 1.82) is 0 Å². The number of unbranched alkanes of at least 4 members (excludes halogenated alkanes) is 4. The van der Waals surface area contributed by atoms with Gasteiger partial charge in [-0.25, -0.2) is 0 Å². The molecule has 196 valence electrons. The van der Waals surface area contributed by atoms with Crippen LogP contribution in [0.1, 0.15) is 95.8 Å². The van der Waals surface area contributed by atoms with Crippen LogP contribution in [-0.4, -0.2) is 6.16 Å². The Kier molecular flexibility index (Phi) is 12.2. The van der Waals surface area contributed by atoms with Gasteiger partial charge in [-0.2, -0.15) is 0 Å². The van der Waals surface area contributed by atoms with Crippen molar-refractivity contribution >= 4 is 39.1 Å². The van der Waals surface area contributed by atoms with E-state index < -0.39 is 7.26 Å². The molecule has 3 aromatic carbocycles. The van der Waals surface area contributed by atoms with Gasteiger partial charge in [-0.15, -0.1) is 0 Å². The number of rotatable bonds is 15. The molecule has 0 unspecified atom stereocenters. The molecule has 0 amide bonds. The van der Waals surface area contributed by atoms with Crippen molar-refractivity contribution in [3.8, 4) is 0 Å². The minimum absolute atomic E-state index is 1.19. The monoisotopic (exact) mass is 566 g/mol. The normalized spacial score (nSPS) is 12.1. The molecule has 0 N–H and O–H groups in total. The Morgan fingerprint density at radius 1 is 0.556 bits per heavy atom. The summed E-state index contributed by atoms with van der Waals surface area (Å²) in [5, 5.41) is 4.81. The summed E-state index contributed by atoms with van der Waals surface area (Å²) in [6.07, 6.45) is 14.9. The second-order valence-corrected chi connectivity index (χ2v) is 15.3. The van der Waals surface area contributed by atoms with Gasteiger partial charge in [-0.3, -0.25) is 0 Å². The molecule has 36 heavy (non-hydrogen) atoms. The standard InChI is InChI=1S/C34H48BrP/c1-5-9-23-30-31(24-10-6-2)33(35)27-34(32(30)25-11-7-3)36(26-12-8-4,28-19-15-13-16-20-28)29-21-17-14-18-22-29/h13-22,27,36H,5-12,23-26H2,1-4H3. The zero-order valence-electron chi connectivity index (χ0n) is 23.2. The molecule has 0 spiro atoms. The van der Waals surface area contributed by atoms with Crippen LogP contribution in [0, 0.1) is 0 Å². The molecular formula is C34H48BrP. The van der Waals surface area contributed by atoms with E-state index >= 15 is 0 Å².